The number of fused-ring (bicyclic) bond motifs is 1. The molecule has 2 rings (SSSR count). The van der Waals surface area contributed by atoms with Crippen molar-refractivity contribution in [3.05, 3.63) is 41.5 Å². The second kappa shape index (κ2) is 4.32. The lowest BCUT2D eigenvalue weighted by atomic mass is 9.98. The van der Waals surface area contributed by atoms with Crippen LogP contribution in [0.2, 0.25) is 0 Å². The van der Waals surface area contributed by atoms with Crippen molar-refractivity contribution in [3.63, 3.8) is 0 Å². The normalized spacial score (nSPS) is 15.2. The largest absolute Gasteiger partial charge is 0.385 e. The van der Waals surface area contributed by atoms with Crippen LogP contribution in [0, 0.1) is 0 Å². The minimum Gasteiger partial charge on any atom is -0.385 e. The summed E-state index contributed by atoms with van der Waals surface area (Å²) in [6.45, 7) is 3.20. The molecule has 1 heteroatoms. The zero-order chi connectivity index (χ0) is 9.80. The SMILES string of the molecule is C/C=C/Cc1cccc2c1NCCC2. The van der Waals surface area contributed by atoms with Crippen LogP contribution in [0.15, 0.2) is 30.4 Å². The highest BCUT2D eigenvalue weighted by Gasteiger charge is 2.10. The molecule has 0 aliphatic carbocycles. The van der Waals surface area contributed by atoms with Gasteiger partial charge in [0.2, 0.25) is 0 Å². The van der Waals surface area contributed by atoms with E-state index in [1.54, 1.807) is 0 Å². The van der Waals surface area contributed by atoms with E-state index in [2.05, 4.69) is 42.6 Å². The first-order chi connectivity index (χ1) is 6.92. The molecular weight excluding hydrogens is 170 g/mol. The van der Waals surface area contributed by atoms with E-state index in [-0.39, 0.29) is 0 Å². The summed E-state index contributed by atoms with van der Waals surface area (Å²) < 4.78 is 0. The molecule has 1 aliphatic heterocycles. The Balaban J connectivity index is 2.30. The van der Waals surface area contributed by atoms with E-state index in [0.29, 0.717) is 0 Å². The molecule has 0 amide bonds. The Morgan fingerprint density at radius 3 is 3.21 bits per heavy atom. The van der Waals surface area contributed by atoms with Gasteiger partial charge >= 0.3 is 0 Å². The molecule has 0 spiro atoms. The van der Waals surface area contributed by atoms with Crippen molar-refractivity contribution in [2.75, 3.05) is 11.9 Å². The molecule has 1 aromatic rings. The van der Waals surface area contributed by atoms with Crippen molar-refractivity contribution in [2.45, 2.75) is 26.2 Å². The molecule has 0 saturated heterocycles. The fraction of sp³-hybridized carbons (Fsp3) is 0.385. The fourth-order valence-corrected chi connectivity index (χ4v) is 2.00. The number of hydrogen-bond donors (Lipinski definition) is 1. The Hall–Kier alpha value is -1.24. The maximum absolute atomic E-state index is 3.51. The van der Waals surface area contributed by atoms with Crippen LogP contribution in [0.1, 0.15) is 24.5 Å². The smallest absolute Gasteiger partial charge is 0.0408 e. The van der Waals surface area contributed by atoms with E-state index >= 15 is 0 Å². The Labute approximate surface area is 85.8 Å². The third-order valence-corrected chi connectivity index (χ3v) is 2.74. The van der Waals surface area contributed by atoms with Gasteiger partial charge in [-0.05, 0) is 37.3 Å². The molecule has 0 aromatic heterocycles. The Kier molecular flexibility index (Phi) is 2.87. The fourth-order valence-electron chi connectivity index (χ4n) is 2.00. The van der Waals surface area contributed by atoms with Crippen LogP contribution in [0.4, 0.5) is 5.69 Å². The van der Waals surface area contributed by atoms with E-state index in [1.807, 2.05) is 0 Å². The van der Waals surface area contributed by atoms with E-state index < -0.39 is 0 Å². The first kappa shape index (κ1) is 9.32. The maximum atomic E-state index is 3.51. The van der Waals surface area contributed by atoms with Crippen molar-refractivity contribution < 1.29 is 0 Å². The maximum Gasteiger partial charge on any atom is 0.0408 e. The van der Waals surface area contributed by atoms with Crippen molar-refractivity contribution in [2.24, 2.45) is 0 Å². The molecule has 0 atom stereocenters. The third-order valence-electron chi connectivity index (χ3n) is 2.74. The molecule has 1 nitrogen and oxygen atoms in total. The van der Waals surface area contributed by atoms with Gasteiger partial charge in [0, 0.05) is 12.2 Å². The number of nitrogens with one attached hydrogen (secondary N) is 1. The lowest BCUT2D eigenvalue weighted by Crippen LogP contribution is -2.13. The summed E-state index contributed by atoms with van der Waals surface area (Å²) in [5.41, 5.74) is 4.30. The Morgan fingerprint density at radius 2 is 2.36 bits per heavy atom. The van der Waals surface area contributed by atoms with Crippen LogP contribution >= 0.6 is 0 Å². The second-order valence-electron chi connectivity index (χ2n) is 3.75. The Bertz CT molecular complexity index is 339. The highest BCUT2D eigenvalue weighted by molar-refractivity contribution is 5.59. The van der Waals surface area contributed by atoms with Crippen LogP contribution in [0.5, 0.6) is 0 Å². The zero-order valence-electron chi connectivity index (χ0n) is 8.72. The number of rotatable bonds is 2. The van der Waals surface area contributed by atoms with Crippen LogP contribution in [-0.4, -0.2) is 6.54 Å². The molecule has 1 aliphatic rings. The van der Waals surface area contributed by atoms with Crippen LogP contribution < -0.4 is 5.32 Å². The van der Waals surface area contributed by atoms with E-state index in [1.165, 1.54) is 29.7 Å². The number of para-hydroxylation sites is 1. The molecule has 0 bridgehead atoms. The number of allylic oxidation sites excluding steroid dienone is 2. The topological polar surface area (TPSA) is 12.0 Å². The lowest BCUT2D eigenvalue weighted by Gasteiger charge is -2.20. The van der Waals surface area contributed by atoms with Gasteiger partial charge in [-0.25, -0.2) is 0 Å². The van der Waals surface area contributed by atoms with Gasteiger partial charge in [0.05, 0.1) is 0 Å². The minimum absolute atomic E-state index is 1.05. The summed E-state index contributed by atoms with van der Waals surface area (Å²) in [5.74, 6) is 0. The molecule has 0 unspecified atom stereocenters. The molecule has 1 N–H and O–H groups in total. The molecule has 74 valence electrons. The van der Waals surface area contributed by atoms with Crippen molar-refractivity contribution >= 4 is 5.69 Å². The van der Waals surface area contributed by atoms with Gasteiger partial charge in [-0.3, -0.25) is 0 Å². The molecule has 0 fully saturated rings. The molecule has 1 aromatic carbocycles. The van der Waals surface area contributed by atoms with E-state index in [4.69, 9.17) is 0 Å². The van der Waals surface area contributed by atoms with Crippen LogP contribution in [0.25, 0.3) is 0 Å². The van der Waals surface area contributed by atoms with Gasteiger partial charge in [-0.2, -0.15) is 0 Å². The van der Waals surface area contributed by atoms with Crippen molar-refractivity contribution in [1.82, 2.24) is 0 Å². The molecule has 0 radical (unpaired) electrons. The van der Waals surface area contributed by atoms with E-state index in [9.17, 15) is 0 Å². The number of anilines is 1. The van der Waals surface area contributed by atoms with Gasteiger partial charge in [-0.15, -0.1) is 0 Å². The van der Waals surface area contributed by atoms with Gasteiger partial charge in [-0.1, -0.05) is 30.4 Å². The monoisotopic (exact) mass is 187 g/mol. The minimum atomic E-state index is 1.05. The molecule has 0 saturated carbocycles. The Morgan fingerprint density at radius 1 is 1.43 bits per heavy atom. The number of benzene rings is 1. The van der Waals surface area contributed by atoms with Crippen molar-refractivity contribution in [3.8, 4) is 0 Å². The zero-order valence-corrected chi connectivity index (χ0v) is 8.72. The number of aryl methyl sites for hydroxylation is 1. The van der Waals surface area contributed by atoms with Gasteiger partial charge in [0.1, 0.15) is 0 Å². The van der Waals surface area contributed by atoms with Gasteiger partial charge < -0.3 is 5.32 Å². The predicted molar refractivity (Wildman–Crippen MR) is 61.8 cm³/mol. The summed E-state index contributed by atoms with van der Waals surface area (Å²) in [6, 6.07) is 6.63. The highest BCUT2D eigenvalue weighted by atomic mass is 14.9. The number of hydrogen-bond acceptors (Lipinski definition) is 1. The van der Waals surface area contributed by atoms with E-state index in [0.717, 1.165) is 13.0 Å². The summed E-state index contributed by atoms with van der Waals surface area (Å²) >= 11 is 0. The molecular formula is C13H17N. The lowest BCUT2D eigenvalue weighted by molar-refractivity contribution is 0.826. The summed E-state index contributed by atoms with van der Waals surface area (Å²) in [7, 11) is 0. The molecule has 1 heterocycles. The highest BCUT2D eigenvalue weighted by Crippen LogP contribution is 2.26. The second-order valence-corrected chi connectivity index (χ2v) is 3.75. The standard InChI is InChI=1S/C13H17N/c1-2-3-6-11-7-4-8-12-9-5-10-14-13(11)12/h2-4,7-8,14H,5-6,9-10H2,1H3/b3-2+. The first-order valence-corrected chi connectivity index (χ1v) is 5.37. The van der Waals surface area contributed by atoms with Gasteiger partial charge in [0.15, 0.2) is 0 Å². The predicted octanol–water partition coefficient (Wildman–Crippen LogP) is 3.16. The van der Waals surface area contributed by atoms with Crippen LogP contribution in [0.3, 0.4) is 0 Å². The first-order valence-electron chi connectivity index (χ1n) is 5.37. The average molecular weight is 187 g/mol. The summed E-state index contributed by atoms with van der Waals surface area (Å²) in [6.07, 6.45) is 7.87. The van der Waals surface area contributed by atoms with Crippen LogP contribution in [-0.2, 0) is 12.8 Å². The quantitative estimate of drug-likeness (QED) is 0.701. The summed E-state index contributed by atoms with van der Waals surface area (Å²) in [4.78, 5) is 0. The molecule has 14 heavy (non-hydrogen) atoms. The average Bonchev–Trinajstić information content (AvgIpc) is 2.26. The van der Waals surface area contributed by atoms with Gasteiger partial charge in [0.25, 0.3) is 0 Å². The third kappa shape index (κ3) is 1.82. The van der Waals surface area contributed by atoms with Crippen molar-refractivity contribution in [1.29, 1.82) is 0 Å². The summed E-state index contributed by atoms with van der Waals surface area (Å²) in [5, 5.41) is 3.51.